The summed E-state index contributed by atoms with van der Waals surface area (Å²) in [5.74, 6) is -0.813. The monoisotopic (exact) mass is 339 g/mol. The number of amides is 2. The van der Waals surface area contributed by atoms with E-state index in [0.29, 0.717) is 11.1 Å². The van der Waals surface area contributed by atoms with Gasteiger partial charge in [-0.1, -0.05) is 35.3 Å². The van der Waals surface area contributed by atoms with Crippen LogP contribution in [0.5, 0.6) is 0 Å². The second-order valence-electron chi connectivity index (χ2n) is 2.99. The third-order valence-corrected chi connectivity index (χ3v) is 3.52. The summed E-state index contributed by atoms with van der Waals surface area (Å²) in [4.78, 5) is 23.7. The van der Waals surface area contributed by atoms with E-state index in [1.165, 1.54) is 0 Å². The van der Waals surface area contributed by atoms with E-state index >= 15 is 0 Å². The Labute approximate surface area is 114 Å². The fourth-order valence-corrected chi connectivity index (χ4v) is 2.77. The molecule has 1 aliphatic rings. The zero-order valence-corrected chi connectivity index (χ0v) is 11.5. The van der Waals surface area contributed by atoms with Gasteiger partial charge < -0.3 is 0 Å². The van der Waals surface area contributed by atoms with Crippen molar-refractivity contribution in [1.29, 1.82) is 0 Å². The smallest absolute Gasteiger partial charge is 0.268 e. The fourth-order valence-electron chi connectivity index (χ4n) is 1.35. The first-order valence-electron chi connectivity index (χ1n) is 4.14. The predicted molar refractivity (Wildman–Crippen MR) is 67.9 cm³/mol. The lowest BCUT2D eigenvalue weighted by Crippen LogP contribution is -2.25. The fraction of sp³-hybridized carbons (Fsp3) is 0.111. The Hall–Kier alpha value is -0.230. The lowest BCUT2D eigenvalue weighted by atomic mass is 10.1. The first-order chi connectivity index (χ1) is 7.40. The quantitative estimate of drug-likeness (QED) is 0.470. The maximum Gasteiger partial charge on any atom is 0.271 e. The van der Waals surface area contributed by atoms with Crippen molar-refractivity contribution >= 4 is 62.9 Å². The molecule has 84 valence electrons. The normalized spacial score (nSPS) is 15.6. The summed E-state index contributed by atoms with van der Waals surface area (Å²) in [5.41, 5.74) is 0.732. The highest BCUT2D eigenvalue weighted by Crippen LogP contribution is 2.45. The molecule has 1 aromatic rings. The number of hydrogen-bond donors (Lipinski definition) is 0. The summed E-state index contributed by atoms with van der Waals surface area (Å²) in [6.45, 7) is 0. The number of imide groups is 1. The van der Waals surface area contributed by atoms with Gasteiger partial charge in [0.1, 0.15) is 0 Å². The molecule has 1 aromatic carbocycles. The zero-order chi connectivity index (χ0) is 11.9. The highest BCUT2D eigenvalue weighted by Gasteiger charge is 2.40. The van der Waals surface area contributed by atoms with Gasteiger partial charge in [0.05, 0.1) is 11.1 Å². The number of rotatable bonds is 2. The van der Waals surface area contributed by atoms with Gasteiger partial charge in [-0.05, 0) is 28.1 Å². The molecule has 0 unspecified atom stereocenters. The number of carbonyl (C=O) groups excluding carboxylic acids is 2. The van der Waals surface area contributed by atoms with Gasteiger partial charge in [-0.3, -0.25) is 9.59 Å². The Balaban J connectivity index is 2.36. The van der Waals surface area contributed by atoms with Crippen molar-refractivity contribution in [3.05, 3.63) is 35.4 Å². The van der Waals surface area contributed by atoms with Crippen molar-refractivity contribution in [1.82, 2.24) is 4.31 Å². The van der Waals surface area contributed by atoms with Crippen molar-refractivity contribution in [2.75, 3.05) is 0 Å². The van der Waals surface area contributed by atoms with Crippen LogP contribution in [0.25, 0.3) is 0 Å². The number of alkyl halides is 3. The van der Waals surface area contributed by atoms with E-state index in [4.69, 9.17) is 23.2 Å². The molecular weight excluding hydrogens is 337 g/mol. The van der Waals surface area contributed by atoms with Crippen LogP contribution in [0.4, 0.5) is 0 Å². The van der Waals surface area contributed by atoms with Gasteiger partial charge in [-0.2, -0.15) is 0 Å². The lowest BCUT2D eigenvalue weighted by molar-refractivity contribution is 0.0777. The van der Waals surface area contributed by atoms with Crippen LogP contribution in [-0.4, -0.2) is 18.7 Å². The third-order valence-electron chi connectivity index (χ3n) is 1.95. The molecular formula is C9H4BrCl2NO2S. The highest BCUT2D eigenvalue weighted by atomic mass is 79.9. The molecule has 2 rings (SSSR count). The zero-order valence-electron chi connectivity index (χ0n) is 7.62. The van der Waals surface area contributed by atoms with Crippen LogP contribution in [0.15, 0.2) is 24.3 Å². The van der Waals surface area contributed by atoms with Crippen molar-refractivity contribution in [2.45, 2.75) is 2.57 Å². The summed E-state index contributed by atoms with van der Waals surface area (Å²) in [6.07, 6.45) is 0. The largest absolute Gasteiger partial charge is 0.271 e. The van der Waals surface area contributed by atoms with Crippen LogP contribution in [0.2, 0.25) is 0 Å². The van der Waals surface area contributed by atoms with Gasteiger partial charge in [-0.15, -0.1) is 0 Å². The summed E-state index contributed by atoms with van der Waals surface area (Å²) in [5, 5.41) is 0. The Morgan fingerprint density at radius 1 is 1.12 bits per heavy atom. The molecule has 1 heterocycles. The molecule has 0 N–H and O–H groups in total. The van der Waals surface area contributed by atoms with Crippen LogP contribution < -0.4 is 0 Å². The molecule has 0 aliphatic carbocycles. The third kappa shape index (κ3) is 2.22. The van der Waals surface area contributed by atoms with Crippen LogP contribution in [-0.2, 0) is 0 Å². The number of hydrogen-bond acceptors (Lipinski definition) is 3. The van der Waals surface area contributed by atoms with E-state index < -0.39 is 14.4 Å². The molecule has 0 saturated heterocycles. The molecule has 0 fully saturated rings. The molecule has 3 nitrogen and oxygen atoms in total. The SMILES string of the molecule is O=C1c2ccccc2C(=O)N1SC(Cl)(Cl)Br. The highest BCUT2D eigenvalue weighted by molar-refractivity contribution is 9.13. The number of fused-ring (bicyclic) bond motifs is 1. The summed E-state index contributed by atoms with van der Waals surface area (Å²) >= 11 is 15.0. The van der Waals surface area contributed by atoms with E-state index in [2.05, 4.69) is 15.9 Å². The maximum absolute atomic E-state index is 11.8. The summed E-state index contributed by atoms with van der Waals surface area (Å²) in [6, 6.07) is 6.57. The lowest BCUT2D eigenvalue weighted by Gasteiger charge is -2.17. The van der Waals surface area contributed by atoms with Crippen molar-refractivity contribution in [3.8, 4) is 0 Å². The minimum atomic E-state index is -1.40. The van der Waals surface area contributed by atoms with Gasteiger partial charge >= 0.3 is 0 Å². The van der Waals surface area contributed by atoms with E-state index in [1.54, 1.807) is 24.3 Å². The van der Waals surface area contributed by atoms with Crippen molar-refractivity contribution < 1.29 is 9.59 Å². The van der Waals surface area contributed by atoms with E-state index in [-0.39, 0.29) is 0 Å². The number of benzene rings is 1. The molecule has 0 radical (unpaired) electrons. The minimum Gasteiger partial charge on any atom is -0.268 e. The predicted octanol–water partition coefficient (Wildman–Crippen LogP) is 3.41. The molecule has 0 atom stereocenters. The maximum atomic E-state index is 11.8. The van der Waals surface area contributed by atoms with E-state index in [9.17, 15) is 9.59 Å². The molecule has 7 heteroatoms. The molecule has 0 saturated carbocycles. The van der Waals surface area contributed by atoms with Gasteiger partial charge in [-0.25, -0.2) is 4.31 Å². The second kappa shape index (κ2) is 4.22. The Kier molecular flexibility index (Phi) is 3.22. The summed E-state index contributed by atoms with van der Waals surface area (Å²) < 4.78 is -0.459. The van der Waals surface area contributed by atoms with E-state index in [0.717, 1.165) is 16.3 Å². The Morgan fingerprint density at radius 3 is 1.94 bits per heavy atom. The van der Waals surface area contributed by atoms with Crippen molar-refractivity contribution in [2.24, 2.45) is 0 Å². The Morgan fingerprint density at radius 2 is 1.56 bits per heavy atom. The Bertz CT molecular complexity index is 440. The van der Waals surface area contributed by atoms with Gasteiger partial charge in [0.2, 0.25) is 2.57 Å². The summed E-state index contributed by atoms with van der Waals surface area (Å²) in [7, 11) is 0. The average Bonchev–Trinajstić information content (AvgIpc) is 2.43. The first-order valence-corrected chi connectivity index (χ1v) is 6.46. The van der Waals surface area contributed by atoms with Crippen LogP contribution >= 0.6 is 51.1 Å². The standard InChI is InChI=1S/C9H4BrCl2NO2S/c10-9(11,12)16-13-7(14)5-3-1-2-4-6(5)8(13)15/h1-4H. The van der Waals surface area contributed by atoms with Gasteiger partial charge in [0, 0.05) is 11.9 Å². The number of halogens is 3. The minimum absolute atomic E-state index is 0.366. The van der Waals surface area contributed by atoms with Crippen molar-refractivity contribution in [3.63, 3.8) is 0 Å². The molecule has 0 aromatic heterocycles. The molecule has 0 bridgehead atoms. The second-order valence-corrected chi connectivity index (χ2v) is 8.55. The molecule has 1 aliphatic heterocycles. The van der Waals surface area contributed by atoms with E-state index in [1.807, 2.05) is 0 Å². The van der Waals surface area contributed by atoms with Gasteiger partial charge in [0.15, 0.2) is 0 Å². The molecule has 16 heavy (non-hydrogen) atoms. The van der Waals surface area contributed by atoms with Gasteiger partial charge in [0.25, 0.3) is 11.8 Å². The van der Waals surface area contributed by atoms with Crippen LogP contribution in [0, 0.1) is 0 Å². The number of nitrogens with zero attached hydrogens (tertiary/aromatic N) is 1. The molecule has 0 spiro atoms. The molecule has 2 amide bonds. The average molecular weight is 341 g/mol. The number of carbonyl (C=O) groups is 2. The topological polar surface area (TPSA) is 37.4 Å². The van der Waals surface area contributed by atoms with Crippen LogP contribution in [0.3, 0.4) is 0 Å². The first kappa shape index (κ1) is 12.2. The van der Waals surface area contributed by atoms with Crippen LogP contribution in [0.1, 0.15) is 20.7 Å².